The molecule has 0 heterocycles. The standard InChI is InChI=1S/C13H16F3NO3S/c14-13(15,16)11-3-1-2-10(6-11)7-21(19,20)17-8-12(9-18)4-5-12/h1-3,6,17-18H,4-5,7-9H2. The van der Waals surface area contributed by atoms with Crippen molar-refractivity contribution in [1.29, 1.82) is 0 Å². The van der Waals surface area contributed by atoms with Crippen LogP contribution in [0, 0.1) is 5.41 Å². The molecule has 2 N–H and O–H groups in total. The molecule has 0 saturated heterocycles. The second kappa shape index (κ2) is 5.58. The first-order valence-corrected chi connectivity index (χ1v) is 8.05. The van der Waals surface area contributed by atoms with Gasteiger partial charge in [0.1, 0.15) is 0 Å². The van der Waals surface area contributed by atoms with Crippen molar-refractivity contribution in [3.05, 3.63) is 35.4 Å². The Morgan fingerprint density at radius 3 is 2.48 bits per heavy atom. The predicted octanol–water partition coefficient (Wildman–Crippen LogP) is 1.90. The molecule has 21 heavy (non-hydrogen) atoms. The molecule has 0 radical (unpaired) electrons. The van der Waals surface area contributed by atoms with Gasteiger partial charge in [0.25, 0.3) is 0 Å². The van der Waals surface area contributed by atoms with Gasteiger partial charge < -0.3 is 5.11 Å². The number of nitrogens with one attached hydrogen (secondary N) is 1. The van der Waals surface area contributed by atoms with Crippen LogP contribution in [-0.2, 0) is 22.0 Å². The number of benzene rings is 1. The molecule has 1 aromatic rings. The Balaban J connectivity index is 2.03. The van der Waals surface area contributed by atoms with Crippen LogP contribution in [0.25, 0.3) is 0 Å². The van der Waals surface area contributed by atoms with Crippen LogP contribution in [0.2, 0.25) is 0 Å². The molecular weight excluding hydrogens is 307 g/mol. The topological polar surface area (TPSA) is 66.4 Å². The Labute approximate surface area is 121 Å². The molecule has 0 spiro atoms. The summed E-state index contributed by atoms with van der Waals surface area (Å²) < 4.78 is 63.8. The van der Waals surface area contributed by atoms with Gasteiger partial charge in [0.2, 0.25) is 10.0 Å². The van der Waals surface area contributed by atoms with Gasteiger partial charge in [-0.1, -0.05) is 18.2 Å². The van der Waals surface area contributed by atoms with Crippen molar-refractivity contribution in [2.24, 2.45) is 5.41 Å². The lowest BCUT2D eigenvalue weighted by molar-refractivity contribution is -0.137. The molecule has 0 amide bonds. The number of hydrogen-bond donors (Lipinski definition) is 2. The van der Waals surface area contributed by atoms with Crippen molar-refractivity contribution in [2.45, 2.75) is 24.8 Å². The summed E-state index contributed by atoms with van der Waals surface area (Å²) in [5.74, 6) is -0.515. The molecule has 0 unspecified atom stereocenters. The van der Waals surface area contributed by atoms with Gasteiger partial charge in [0, 0.05) is 18.6 Å². The molecule has 118 valence electrons. The third-order valence-electron chi connectivity index (χ3n) is 3.57. The lowest BCUT2D eigenvalue weighted by Gasteiger charge is -2.13. The van der Waals surface area contributed by atoms with Crippen LogP contribution in [0.4, 0.5) is 13.2 Å². The second-order valence-corrected chi connectivity index (χ2v) is 7.24. The Hall–Kier alpha value is -1.12. The summed E-state index contributed by atoms with van der Waals surface area (Å²) in [6.07, 6.45) is -3.01. The molecule has 1 saturated carbocycles. The highest BCUT2D eigenvalue weighted by atomic mass is 32.2. The van der Waals surface area contributed by atoms with Crippen molar-refractivity contribution in [1.82, 2.24) is 4.72 Å². The zero-order chi connectivity index (χ0) is 15.7. The fourth-order valence-corrected chi connectivity index (χ4v) is 3.19. The van der Waals surface area contributed by atoms with E-state index in [-0.39, 0.29) is 24.1 Å². The van der Waals surface area contributed by atoms with Crippen LogP contribution in [-0.4, -0.2) is 26.7 Å². The molecule has 8 heteroatoms. The van der Waals surface area contributed by atoms with E-state index < -0.39 is 27.5 Å². The molecule has 0 atom stereocenters. The zero-order valence-corrected chi connectivity index (χ0v) is 12.0. The SMILES string of the molecule is O=S(=O)(Cc1cccc(C(F)(F)F)c1)NCC1(CO)CC1. The Morgan fingerprint density at radius 1 is 1.29 bits per heavy atom. The number of sulfonamides is 1. The van der Waals surface area contributed by atoms with Gasteiger partial charge in [-0.3, -0.25) is 0 Å². The first-order chi connectivity index (χ1) is 9.66. The number of rotatable bonds is 6. The van der Waals surface area contributed by atoms with E-state index in [1.807, 2.05) is 0 Å². The third kappa shape index (κ3) is 4.42. The van der Waals surface area contributed by atoms with Crippen LogP contribution in [0.15, 0.2) is 24.3 Å². The number of alkyl halides is 3. The van der Waals surface area contributed by atoms with Crippen LogP contribution < -0.4 is 4.72 Å². The van der Waals surface area contributed by atoms with E-state index in [0.29, 0.717) is 0 Å². The minimum atomic E-state index is -4.50. The summed E-state index contributed by atoms with van der Waals surface area (Å²) in [5.41, 5.74) is -1.18. The molecule has 1 fully saturated rings. The highest BCUT2D eigenvalue weighted by molar-refractivity contribution is 7.88. The van der Waals surface area contributed by atoms with E-state index in [9.17, 15) is 21.6 Å². The highest BCUT2D eigenvalue weighted by Crippen LogP contribution is 2.44. The summed E-state index contributed by atoms with van der Waals surface area (Å²) in [6.45, 7) is 0.0177. The minimum Gasteiger partial charge on any atom is -0.396 e. The number of aliphatic hydroxyl groups is 1. The van der Waals surface area contributed by atoms with E-state index in [4.69, 9.17) is 5.11 Å². The smallest absolute Gasteiger partial charge is 0.396 e. The van der Waals surface area contributed by atoms with Gasteiger partial charge in [-0.25, -0.2) is 13.1 Å². The van der Waals surface area contributed by atoms with Crippen molar-refractivity contribution < 1.29 is 26.7 Å². The third-order valence-corrected chi connectivity index (χ3v) is 4.87. The van der Waals surface area contributed by atoms with Gasteiger partial charge in [0.15, 0.2) is 0 Å². The molecule has 0 bridgehead atoms. The van der Waals surface area contributed by atoms with Gasteiger partial charge in [-0.2, -0.15) is 13.2 Å². The summed E-state index contributed by atoms with van der Waals surface area (Å²) in [5, 5.41) is 9.11. The molecule has 4 nitrogen and oxygen atoms in total. The number of hydrogen-bond acceptors (Lipinski definition) is 3. The van der Waals surface area contributed by atoms with E-state index in [1.54, 1.807) is 0 Å². The number of halogens is 3. The first-order valence-electron chi connectivity index (χ1n) is 6.40. The van der Waals surface area contributed by atoms with Gasteiger partial charge in [0.05, 0.1) is 11.3 Å². The van der Waals surface area contributed by atoms with E-state index in [2.05, 4.69) is 4.72 Å². The monoisotopic (exact) mass is 323 g/mol. The molecule has 0 aromatic heterocycles. The number of aliphatic hydroxyl groups excluding tert-OH is 1. The van der Waals surface area contributed by atoms with Crippen LogP contribution in [0.3, 0.4) is 0 Å². The van der Waals surface area contributed by atoms with Crippen molar-refractivity contribution in [2.75, 3.05) is 13.2 Å². The molecule has 1 aliphatic rings. The van der Waals surface area contributed by atoms with Gasteiger partial charge >= 0.3 is 6.18 Å². The maximum Gasteiger partial charge on any atom is 0.416 e. The van der Waals surface area contributed by atoms with Gasteiger partial charge in [-0.05, 0) is 24.5 Å². The van der Waals surface area contributed by atoms with E-state index >= 15 is 0 Å². The predicted molar refractivity (Wildman–Crippen MR) is 70.8 cm³/mol. The lowest BCUT2D eigenvalue weighted by Crippen LogP contribution is -2.32. The highest BCUT2D eigenvalue weighted by Gasteiger charge is 2.42. The van der Waals surface area contributed by atoms with Crippen molar-refractivity contribution in [3.8, 4) is 0 Å². The molecule has 1 aliphatic carbocycles. The van der Waals surface area contributed by atoms with Crippen molar-refractivity contribution >= 4 is 10.0 Å². The maximum absolute atomic E-state index is 12.6. The summed E-state index contributed by atoms with van der Waals surface area (Å²) in [4.78, 5) is 0. The van der Waals surface area contributed by atoms with Gasteiger partial charge in [-0.15, -0.1) is 0 Å². The van der Waals surface area contributed by atoms with Crippen molar-refractivity contribution in [3.63, 3.8) is 0 Å². The summed E-state index contributed by atoms with van der Waals surface area (Å²) in [7, 11) is -3.73. The lowest BCUT2D eigenvalue weighted by atomic mass is 10.1. The summed E-state index contributed by atoms with van der Waals surface area (Å²) in [6, 6.07) is 4.25. The fourth-order valence-electron chi connectivity index (χ4n) is 1.94. The Morgan fingerprint density at radius 2 is 1.95 bits per heavy atom. The summed E-state index contributed by atoms with van der Waals surface area (Å²) >= 11 is 0. The minimum absolute atomic E-state index is 0.0752. The molecule has 1 aromatic carbocycles. The molecule has 2 rings (SSSR count). The quantitative estimate of drug-likeness (QED) is 0.840. The Bertz CT molecular complexity index is 609. The molecule has 0 aliphatic heterocycles. The average molecular weight is 323 g/mol. The molecular formula is C13H16F3NO3S. The maximum atomic E-state index is 12.6. The fraction of sp³-hybridized carbons (Fsp3) is 0.538. The van der Waals surface area contributed by atoms with Crippen LogP contribution in [0.5, 0.6) is 0 Å². The Kier molecular flexibility index (Phi) is 4.32. The van der Waals surface area contributed by atoms with E-state index in [1.165, 1.54) is 12.1 Å². The van der Waals surface area contributed by atoms with Crippen LogP contribution in [0.1, 0.15) is 24.0 Å². The normalized spacial score (nSPS) is 17.7. The largest absolute Gasteiger partial charge is 0.416 e. The van der Waals surface area contributed by atoms with E-state index in [0.717, 1.165) is 25.0 Å². The average Bonchev–Trinajstić information content (AvgIpc) is 3.16. The zero-order valence-electron chi connectivity index (χ0n) is 11.2. The first kappa shape index (κ1) is 16.3. The van der Waals surface area contributed by atoms with Crippen LogP contribution >= 0.6 is 0 Å². The second-order valence-electron chi connectivity index (χ2n) is 5.44.